The van der Waals surface area contributed by atoms with Crippen LogP contribution in [0.15, 0.2) is 71.0 Å². The molecule has 0 unspecified atom stereocenters. The Bertz CT molecular complexity index is 1300. The molecular formula is C24H20N2O3S. The van der Waals surface area contributed by atoms with E-state index in [-0.39, 0.29) is 12.2 Å². The molecule has 0 aliphatic carbocycles. The molecule has 0 fully saturated rings. The molecular weight excluding hydrogens is 396 g/mol. The van der Waals surface area contributed by atoms with Crippen molar-refractivity contribution in [2.45, 2.75) is 20.5 Å². The number of nitrogens with zero attached hydrogens (tertiary/aromatic N) is 2. The molecule has 0 saturated heterocycles. The highest BCUT2D eigenvalue weighted by Crippen LogP contribution is 2.25. The highest BCUT2D eigenvalue weighted by molar-refractivity contribution is 7.11. The molecule has 0 bridgehead atoms. The van der Waals surface area contributed by atoms with Crippen molar-refractivity contribution in [2.24, 2.45) is 0 Å². The van der Waals surface area contributed by atoms with Crippen molar-refractivity contribution >= 4 is 34.6 Å². The van der Waals surface area contributed by atoms with Gasteiger partial charge in [0.25, 0.3) is 5.56 Å². The Labute approximate surface area is 177 Å². The predicted molar refractivity (Wildman–Crippen MR) is 119 cm³/mol. The number of thiophene rings is 1. The van der Waals surface area contributed by atoms with Crippen LogP contribution in [0.4, 0.5) is 0 Å². The maximum Gasteiger partial charge on any atom is 0.339 e. The molecule has 5 nitrogen and oxygen atoms in total. The van der Waals surface area contributed by atoms with E-state index in [1.165, 1.54) is 21.8 Å². The molecule has 3 heterocycles. The van der Waals surface area contributed by atoms with Crippen LogP contribution in [0.3, 0.4) is 0 Å². The average molecular weight is 417 g/mol. The smallest absolute Gasteiger partial charge is 0.339 e. The monoisotopic (exact) mass is 416 g/mol. The van der Waals surface area contributed by atoms with Gasteiger partial charge in [-0.25, -0.2) is 9.78 Å². The standard InChI is InChI=1S/C24H20N2O3S/c1-16-5-3-6-18(11-16)12-20(21-7-4-10-30-21)24(28)29-15-19-13-23(27)26-14-17(2)8-9-22(26)25-19/h3-14H,15H2,1-2H3/b20-12+. The minimum atomic E-state index is -0.454. The zero-order valence-electron chi connectivity index (χ0n) is 16.7. The molecule has 0 atom stereocenters. The molecule has 3 aromatic heterocycles. The first-order chi connectivity index (χ1) is 14.5. The van der Waals surface area contributed by atoms with Gasteiger partial charge in [0.15, 0.2) is 0 Å². The largest absolute Gasteiger partial charge is 0.456 e. The Hall–Kier alpha value is -3.51. The number of hydrogen-bond acceptors (Lipinski definition) is 5. The highest BCUT2D eigenvalue weighted by Gasteiger charge is 2.16. The number of fused-ring (bicyclic) bond motifs is 1. The van der Waals surface area contributed by atoms with Gasteiger partial charge >= 0.3 is 5.97 Å². The summed E-state index contributed by atoms with van der Waals surface area (Å²) in [5.41, 5.74) is 4.21. The summed E-state index contributed by atoms with van der Waals surface area (Å²) in [5, 5.41) is 1.92. The van der Waals surface area contributed by atoms with Gasteiger partial charge in [-0.05, 0) is 48.6 Å². The Balaban J connectivity index is 1.60. The third-order valence-electron chi connectivity index (χ3n) is 4.57. The minimum absolute atomic E-state index is 0.0744. The molecule has 150 valence electrons. The van der Waals surface area contributed by atoms with Crippen molar-refractivity contribution in [3.63, 3.8) is 0 Å². The third-order valence-corrected chi connectivity index (χ3v) is 5.47. The number of carbonyl (C=O) groups excluding carboxylic acids is 1. The van der Waals surface area contributed by atoms with Gasteiger partial charge in [0.2, 0.25) is 0 Å². The predicted octanol–water partition coefficient (Wildman–Crippen LogP) is 4.66. The first-order valence-electron chi connectivity index (χ1n) is 9.48. The molecule has 0 amide bonds. The van der Waals surface area contributed by atoms with Gasteiger partial charge < -0.3 is 4.74 Å². The quantitative estimate of drug-likeness (QED) is 0.351. The fourth-order valence-electron chi connectivity index (χ4n) is 3.14. The second-order valence-corrected chi connectivity index (χ2v) is 7.99. The number of benzene rings is 1. The Morgan fingerprint density at radius 1 is 1.10 bits per heavy atom. The molecule has 0 N–H and O–H groups in total. The van der Waals surface area contributed by atoms with Gasteiger partial charge in [0.05, 0.1) is 11.3 Å². The van der Waals surface area contributed by atoms with Crippen molar-refractivity contribution in [1.29, 1.82) is 0 Å². The van der Waals surface area contributed by atoms with Gasteiger partial charge in [-0.3, -0.25) is 9.20 Å². The van der Waals surface area contributed by atoms with Gasteiger partial charge in [-0.2, -0.15) is 0 Å². The van der Waals surface area contributed by atoms with Crippen LogP contribution >= 0.6 is 11.3 Å². The topological polar surface area (TPSA) is 60.7 Å². The average Bonchev–Trinajstić information content (AvgIpc) is 3.25. The van der Waals surface area contributed by atoms with Crippen molar-refractivity contribution in [2.75, 3.05) is 0 Å². The van der Waals surface area contributed by atoms with Gasteiger partial charge in [-0.15, -0.1) is 11.3 Å². The van der Waals surface area contributed by atoms with Crippen molar-refractivity contribution in [3.8, 4) is 0 Å². The zero-order valence-corrected chi connectivity index (χ0v) is 17.5. The Morgan fingerprint density at radius 3 is 2.73 bits per heavy atom. The number of ether oxygens (including phenoxy) is 1. The van der Waals surface area contributed by atoms with Crippen LogP contribution in [0.1, 0.15) is 27.3 Å². The van der Waals surface area contributed by atoms with Gasteiger partial charge in [-0.1, -0.05) is 42.0 Å². The van der Waals surface area contributed by atoms with Gasteiger partial charge in [0, 0.05) is 17.1 Å². The number of rotatable bonds is 5. The van der Waals surface area contributed by atoms with E-state index in [0.717, 1.165) is 21.6 Å². The molecule has 4 rings (SSSR count). The van der Waals surface area contributed by atoms with Gasteiger partial charge in [0.1, 0.15) is 12.3 Å². The van der Waals surface area contributed by atoms with Crippen LogP contribution in [0.5, 0.6) is 0 Å². The molecule has 4 aromatic rings. The van der Waals surface area contributed by atoms with Crippen LogP contribution in [0.25, 0.3) is 17.3 Å². The molecule has 0 aliphatic rings. The molecule has 1 aromatic carbocycles. The first-order valence-corrected chi connectivity index (χ1v) is 10.4. The van der Waals surface area contributed by atoms with E-state index in [0.29, 0.717) is 16.9 Å². The SMILES string of the molecule is Cc1cccc(/C=C(/C(=O)OCc2cc(=O)n3cc(C)ccc3n2)c2cccs2)c1. The first kappa shape index (κ1) is 19.8. The van der Waals surface area contributed by atoms with Crippen LogP contribution in [0, 0.1) is 13.8 Å². The van der Waals surface area contributed by atoms with Crippen LogP contribution in [-0.4, -0.2) is 15.4 Å². The summed E-state index contributed by atoms with van der Waals surface area (Å²) in [7, 11) is 0. The fraction of sp³-hybridized carbons (Fsp3) is 0.125. The maximum absolute atomic E-state index is 12.9. The number of pyridine rings is 1. The summed E-state index contributed by atoms with van der Waals surface area (Å²) in [6.45, 7) is 3.84. The van der Waals surface area contributed by atoms with E-state index in [2.05, 4.69) is 4.98 Å². The molecule has 0 spiro atoms. The van der Waals surface area contributed by atoms with Crippen molar-refractivity contribution < 1.29 is 9.53 Å². The second kappa shape index (κ2) is 8.47. The van der Waals surface area contributed by atoms with E-state index in [4.69, 9.17) is 4.74 Å². The lowest BCUT2D eigenvalue weighted by molar-refractivity contribution is -0.137. The lowest BCUT2D eigenvalue weighted by Crippen LogP contribution is -2.17. The van der Waals surface area contributed by atoms with Crippen LogP contribution in [-0.2, 0) is 16.1 Å². The summed E-state index contributed by atoms with van der Waals surface area (Å²) < 4.78 is 7.01. The van der Waals surface area contributed by atoms with E-state index in [1.807, 2.05) is 67.8 Å². The Morgan fingerprint density at radius 2 is 1.97 bits per heavy atom. The number of esters is 1. The van der Waals surface area contributed by atoms with Crippen molar-refractivity contribution in [1.82, 2.24) is 9.38 Å². The third kappa shape index (κ3) is 4.39. The van der Waals surface area contributed by atoms with Crippen LogP contribution in [0.2, 0.25) is 0 Å². The molecule has 6 heteroatoms. The minimum Gasteiger partial charge on any atom is -0.456 e. The summed E-state index contributed by atoms with van der Waals surface area (Å²) in [5.74, 6) is -0.454. The molecule has 0 radical (unpaired) electrons. The van der Waals surface area contributed by atoms with E-state index in [9.17, 15) is 9.59 Å². The highest BCUT2D eigenvalue weighted by atomic mass is 32.1. The lowest BCUT2D eigenvalue weighted by atomic mass is 10.1. The van der Waals surface area contributed by atoms with Crippen molar-refractivity contribution in [3.05, 3.63) is 104 Å². The number of aromatic nitrogens is 2. The zero-order chi connectivity index (χ0) is 21.1. The molecule has 0 saturated carbocycles. The summed E-state index contributed by atoms with van der Waals surface area (Å²) in [4.78, 5) is 30.5. The summed E-state index contributed by atoms with van der Waals surface area (Å²) >= 11 is 1.47. The van der Waals surface area contributed by atoms with Crippen LogP contribution < -0.4 is 5.56 Å². The normalized spacial score (nSPS) is 11.6. The second-order valence-electron chi connectivity index (χ2n) is 7.05. The number of hydrogen-bond donors (Lipinski definition) is 0. The maximum atomic E-state index is 12.9. The summed E-state index contributed by atoms with van der Waals surface area (Å²) in [6, 6.07) is 16.7. The fourth-order valence-corrected chi connectivity index (χ4v) is 3.87. The molecule has 30 heavy (non-hydrogen) atoms. The van der Waals surface area contributed by atoms with E-state index < -0.39 is 5.97 Å². The number of aryl methyl sites for hydroxylation is 2. The number of carbonyl (C=O) groups is 1. The lowest BCUT2D eigenvalue weighted by Gasteiger charge is -2.09. The van der Waals surface area contributed by atoms with E-state index in [1.54, 1.807) is 12.3 Å². The summed E-state index contributed by atoms with van der Waals surface area (Å²) in [6.07, 6.45) is 3.56. The molecule has 0 aliphatic heterocycles. The van der Waals surface area contributed by atoms with E-state index >= 15 is 0 Å². The Kier molecular flexibility index (Phi) is 5.59.